The Morgan fingerprint density at radius 3 is 2.92 bits per heavy atom. The minimum absolute atomic E-state index is 0.152. The van der Waals surface area contributed by atoms with E-state index in [9.17, 15) is 4.79 Å². The van der Waals surface area contributed by atoms with Crippen molar-refractivity contribution in [2.75, 3.05) is 19.6 Å². The van der Waals surface area contributed by atoms with Gasteiger partial charge in [-0.05, 0) is 12.3 Å². The molecule has 0 aromatic carbocycles. The Hall–Kier alpha value is -0.570. The van der Waals surface area contributed by atoms with Crippen LogP contribution < -0.4 is 5.32 Å². The zero-order chi connectivity index (χ0) is 9.42. The van der Waals surface area contributed by atoms with Gasteiger partial charge in [0.05, 0.1) is 0 Å². The molecule has 2 atom stereocenters. The predicted octanol–water partition coefficient (Wildman–Crippen LogP) is 0.463. The third kappa shape index (κ3) is 1.46. The Kier molecular flexibility index (Phi) is 2.28. The molecule has 2 aliphatic rings. The molecule has 0 spiro atoms. The fourth-order valence-electron chi connectivity index (χ4n) is 2.45. The third-order valence-corrected chi connectivity index (χ3v) is 3.22. The van der Waals surface area contributed by atoms with Gasteiger partial charge in [-0.2, -0.15) is 0 Å². The van der Waals surface area contributed by atoms with Gasteiger partial charge in [-0.15, -0.1) is 0 Å². The molecular formula is C10H18N2O. The van der Waals surface area contributed by atoms with Crippen LogP contribution >= 0.6 is 0 Å². The summed E-state index contributed by atoms with van der Waals surface area (Å²) in [7, 11) is 0. The average molecular weight is 182 g/mol. The van der Waals surface area contributed by atoms with Crippen LogP contribution in [0.2, 0.25) is 0 Å². The fourth-order valence-corrected chi connectivity index (χ4v) is 2.45. The molecule has 13 heavy (non-hydrogen) atoms. The van der Waals surface area contributed by atoms with Gasteiger partial charge in [0.1, 0.15) is 0 Å². The summed E-state index contributed by atoms with van der Waals surface area (Å²) in [6.45, 7) is 7.06. The normalized spacial score (nSPS) is 32.7. The molecule has 2 rings (SSSR count). The summed E-state index contributed by atoms with van der Waals surface area (Å²) in [5.41, 5.74) is 0. The van der Waals surface area contributed by atoms with Crippen LogP contribution in [0.4, 0.5) is 0 Å². The van der Waals surface area contributed by atoms with Crippen LogP contribution in [0.25, 0.3) is 0 Å². The van der Waals surface area contributed by atoms with Crippen molar-refractivity contribution in [3.05, 3.63) is 0 Å². The van der Waals surface area contributed by atoms with E-state index in [4.69, 9.17) is 0 Å². The number of amides is 1. The van der Waals surface area contributed by atoms with Crippen molar-refractivity contribution in [1.29, 1.82) is 0 Å². The van der Waals surface area contributed by atoms with Crippen LogP contribution in [0, 0.1) is 11.8 Å². The fraction of sp³-hybridized carbons (Fsp3) is 0.900. The van der Waals surface area contributed by atoms with Crippen LogP contribution in [0.3, 0.4) is 0 Å². The molecule has 0 radical (unpaired) electrons. The minimum atomic E-state index is 0.152. The molecule has 0 bridgehead atoms. The lowest BCUT2D eigenvalue weighted by molar-refractivity contribution is -0.135. The van der Waals surface area contributed by atoms with E-state index >= 15 is 0 Å². The molecule has 2 saturated heterocycles. The van der Waals surface area contributed by atoms with Crippen LogP contribution in [-0.4, -0.2) is 36.5 Å². The van der Waals surface area contributed by atoms with E-state index in [2.05, 4.69) is 10.2 Å². The molecule has 0 aromatic heterocycles. The van der Waals surface area contributed by atoms with Gasteiger partial charge in [0.25, 0.3) is 0 Å². The van der Waals surface area contributed by atoms with Crippen molar-refractivity contribution in [3.63, 3.8) is 0 Å². The van der Waals surface area contributed by atoms with E-state index in [1.807, 2.05) is 13.8 Å². The van der Waals surface area contributed by atoms with Crippen molar-refractivity contribution >= 4 is 5.91 Å². The maximum Gasteiger partial charge on any atom is 0.225 e. The molecule has 0 aliphatic carbocycles. The summed E-state index contributed by atoms with van der Waals surface area (Å²) in [5, 5.41) is 3.35. The lowest BCUT2D eigenvalue weighted by atomic mass is 10.0. The molecule has 3 nitrogen and oxygen atoms in total. The highest BCUT2D eigenvalue weighted by atomic mass is 16.2. The van der Waals surface area contributed by atoms with E-state index in [-0.39, 0.29) is 5.92 Å². The SMILES string of the molecule is CC(C)C(=O)N1CCC2CNCC21. The molecule has 0 aromatic rings. The van der Waals surface area contributed by atoms with Crippen molar-refractivity contribution in [1.82, 2.24) is 10.2 Å². The van der Waals surface area contributed by atoms with Gasteiger partial charge < -0.3 is 10.2 Å². The summed E-state index contributed by atoms with van der Waals surface area (Å²) in [6.07, 6.45) is 1.19. The molecule has 74 valence electrons. The molecule has 2 fully saturated rings. The van der Waals surface area contributed by atoms with Crippen LogP contribution in [0.15, 0.2) is 0 Å². The Labute approximate surface area is 79.5 Å². The number of hydrogen-bond acceptors (Lipinski definition) is 2. The van der Waals surface area contributed by atoms with Gasteiger partial charge >= 0.3 is 0 Å². The highest BCUT2D eigenvalue weighted by Gasteiger charge is 2.40. The van der Waals surface area contributed by atoms with Gasteiger partial charge in [-0.25, -0.2) is 0 Å². The molecule has 2 aliphatic heterocycles. The van der Waals surface area contributed by atoms with Crippen LogP contribution in [-0.2, 0) is 4.79 Å². The number of nitrogens with zero attached hydrogens (tertiary/aromatic N) is 1. The summed E-state index contributed by atoms with van der Waals surface area (Å²) < 4.78 is 0. The third-order valence-electron chi connectivity index (χ3n) is 3.22. The molecule has 2 heterocycles. The largest absolute Gasteiger partial charge is 0.338 e. The lowest BCUT2D eigenvalue weighted by Gasteiger charge is -2.25. The van der Waals surface area contributed by atoms with E-state index in [0.29, 0.717) is 11.9 Å². The first-order valence-electron chi connectivity index (χ1n) is 5.21. The van der Waals surface area contributed by atoms with Crippen molar-refractivity contribution in [2.24, 2.45) is 11.8 Å². The second-order valence-electron chi connectivity index (χ2n) is 4.46. The molecule has 2 unspecified atom stereocenters. The maximum absolute atomic E-state index is 11.8. The summed E-state index contributed by atoms with van der Waals surface area (Å²) in [4.78, 5) is 13.9. The number of carbonyl (C=O) groups excluding carboxylic acids is 1. The highest BCUT2D eigenvalue weighted by Crippen LogP contribution is 2.28. The van der Waals surface area contributed by atoms with E-state index in [0.717, 1.165) is 25.6 Å². The van der Waals surface area contributed by atoms with Gasteiger partial charge in [0, 0.05) is 31.6 Å². The number of likely N-dealkylation sites (tertiary alicyclic amines) is 1. The number of carbonyl (C=O) groups is 1. The van der Waals surface area contributed by atoms with E-state index < -0.39 is 0 Å². The monoisotopic (exact) mass is 182 g/mol. The molecule has 1 amide bonds. The number of rotatable bonds is 1. The Morgan fingerprint density at radius 1 is 1.46 bits per heavy atom. The first-order valence-corrected chi connectivity index (χ1v) is 5.21. The zero-order valence-electron chi connectivity index (χ0n) is 8.42. The van der Waals surface area contributed by atoms with Crippen LogP contribution in [0.5, 0.6) is 0 Å². The lowest BCUT2D eigenvalue weighted by Crippen LogP contribution is -2.41. The second kappa shape index (κ2) is 3.29. The van der Waals surface area contributed by atoms with Crippen molar-refractivity contribution < 1.29 is 4.79 Å². The second-order valence-corrected chi connectivity index (χ2v) is 4.46. The topological polar surface area (TPSA) is 32.3 Å². The van der Waals surface area contributed by atoms with Gasteiger partial charge in [-0.1, -0.05) is 13.8 Å². The first-order chi connectivity index (χ1) is 6.20. The van der Waals surface area contributed by atoms with Crippen molar-refractivity contribution in [3.8, 4) is 0 Å². The Bertz CT molecular complexity index is 215. The predicted molar refractivity (Wildman–Crippen MR) is 51.3 cm³/mol. The first kappa shape index (κ1) is 9.00. The quantitative estimate of drug-likeness (QED) is 0.639. The summed E-state index contributed by atoms with van der Waals surface area (Å²) in [6, 6.07) is 0.495. The molecule has 0 saturated carbocycles. The van der Waals surface area contributed by atoms with Gasteiger partial charge in [0.15, 0.2) is 0 Å². The highest BCUT2D eigenvalue weighted by molar-refractivity contribution is 5.78. The molecule has 3 heteroatoms. The van der Waals surface area contributed by atoms with Gasteiger partial charge in [-0.3, -0.25) is 4.79 Å². The number of fused-ring (bicyclic) bond motifs is 1. The smallest absolute Gasteiger partial charge is 0.225 e. The van der Waals surface area contributed by atoms with Crippen LogP contribution in [0.1, 0.15) is 20.3 Å². The van der Waals surface area contributed by atoms with Crippen molar-refractivity contribution in [2.45, 2.75) is 26.3 Å². The number of hydrogen-bond donors (Lipinski definition) is 1. The molecule has 1 N–H and O–H groups in total. The maximum atomic E-state index is 11.8. The Balaban J connectivity index is 2.04. The van der Waals surface area contributed by atoms with E-state index in [1.165, 1.54) is 6.42 Å². The summed E-state index contributed by atoms with van der Waals surface area (Å²) in [5.74, 6) is 1.21. The number of nitrogens with one attached hydrogen (secondary N) is 1. The summed E-state index contributed by atoms with van der Waals surface area (Å²) >= 11 is 0. The van der Waals surface area contributed by atoms with Gasteiger partial charge in [0.2, 0.25) is 5.91 Å². The zero-order valence-corrected chi connectivity index (χ0v) is 8.42. The Morgan fingerprint density at radius 2 is 2.23 bits per heavy atom. The standard InChI is InChI=1S/C10H18N2O/c1-7(2)10(13)12-4-3-8-5-11-6-9(8)12/h7-9,11H,3-6H2,1-2H3. The average Bonchev–Trinajstić information content (AvgIpc) is 2.61. The minimum Gasteiger partial charge on any atom is -0.338 e. The van der Waals surface area contributed by atoms with E-state index in [1.54, 1.807) is 0 Å². The molecular weight excluding hydrogens is 164 g/mol.